The molecule has 0 saturated heterocycles. The van der Waals surface area contributed by atoms with E-state index < -0.39 is 0 Å². The summed E-state index contributed by atoms with van der Waals surface area (Å²) in [7, 11) is 3.75. The zero-order valence-electron chi connectivity index (χ0n) is 19.4. The maximum absolute atomic E-state index is 5.45. The molecule has 0 aliphatic heterocycles. The number of hydrogen-bond donors (Lipinski definition) is 1. The van der Waals surface area contributed by atoms with Crippen molar-refractivity contribution in [1.29, 1.82) is 0 Å². The van der Waals surface area contributed by atoms with Gasteiger partial charge < -0.3 is 15.0 Å². The number of ether oxygens (including phenoxy) is 1. The van der Waals surface area contributed by atoms with Gasteiger partial charge in [0, 0.05) is 44.8 Å². The molecule has 0 atom stereocenters. The molecule has 9 heteroatoms. The second-order valence-electron chi connectivity index (χ2n) is 8.57. The summed E-state index contributed by atoms with van der Waals surface area (Å²) >= 11 is 1.68. The van der Waals surface area contributed by atoms with Crippen LogP contribution in [0.15, 0.2) is 29.7 Å². The summed E-state index contributed by atoms with van der Waals surface area (Å²) in [6.45, 7) is 10.5. The molecule has 1 N–H and O–H groups in total. The molecule has 0 aromatic carbocycles. The van der Waals surface area contributed by atoms with E-state index in [9.17, 15) is 0 Å². The van der Waals surface area contributed by atoms with Crippen molar-refractivity contribution < 1.29 is 4.74 Å². The molecule has 1 saturated carbocycles. The number of methoxy groups -OCH3 is 1. The highest BCUT2D eigenvalue weighted by Gasteiger charge is 2.30. The first-order valence-electron chi connectivity index (χ1n) is 10.9. The lowest BCUT2D eigenvalue weighted by atomic mass is 9.89. The second kappa shape index (κ2) is 9.38. The van der Waals surface area contributed by atoms with Crippen LogP contribution < -0.4 is 5.32 Å². The Morgan fingerprint density at radius 2 is 2.19 bits per heavy atom. The summed E-state index contributed by atoms with van der Waals surface area (Å²) in [5.41, 5.74) is 2.15. The molecule has 4 rings (SSSR count). The Morgan fingerprint density at radius 3 is 2.84 bits per heavy atom. The Bertz CT molecular complexity index is 1130. The monoisotopic (exact) mass is 453 g/mol. The van der Waals surface area contributed by atoms with E-state index in [1.165, 1.54) is 5.56 Å². The largest absolute Gasteiger partial charge is 0.381 e. The average Bonchev–Trinajstić information content (AvgIpc) is 3.34. The molecule has 0 spiro atoms. The van der Waals surface area contributed by atoms with E-state index in [0.717, 1.165) is 45.3 Å². The van der Waals surface area contributed by atoms with Crippen molar-refractivity contribution in [1.82, 2.24) is 24.6 Å². The standard InChI is InChI=1S/C23H31N7OS/c1-14(2)30-9-7-18(28-30)21-15(3)20-22(25-16-11-17(12-16)31-6)26-19(27-23(20)32-21)13-29(5)10-8-24-4/h7-10,14,16-17H,4,11-13H2,1-3,5-6H3,(H,25,26,27)/b10-8-/t16-,17+. The molecule has 0 unspecified atom stereocenters. The zero-order valence-corrected chi connectivity index (χ0v) is 20.2. The number of aliphatic imine (C=N–C) groups is 1. The molecule has 3 aromatic heterocycles. The number of thiophene rings is 1. The lowest BCUT2D eigenvalue weighted by Crippen LogP contribution is -2.40. The molecule has 8 nitrogen and oxygen atoms in total. The maximum atomic E-state index is 5.45. The quantitative estimate of drug-likeness (QED) is 0.476. The van der Waals surface area contributed by atoms with Crippen LogP contribution in [0.1, 0.15) is 44.1 Å². The molecular formula is C23H31N7OS. The number of fused-ring (bicyclic) bond motifs is 1. The molecule has 1 fully saturated rings. The molecule has 32 heavy (non-hydrogen) atoms. The summed E-state index contributed by atoms with van der Waals surface area (Å²) in [6, 6.07) is 2.76. The van der Waals surface area contributed by atoms with Gasteiger partial charge >= 0.3 is 0 Å². The van der Waals surface area contributed by atoms with Crippen LogP contribution in [0.2, 0.25) is 0 Å². The van der Waals surface area contributed by atoms with E-state index in [4.69, 9.17) is 19.8 Å². The molecule has 170 valence electrons. The average molecular weight is 454 g/mol. The van der Waals surface area contributed by atoms with Crippen LogP contribution in [0.5, 0.6) is 0 Å². The minimum atomic E-state index is 0.322. The van der Waals surface area contributed by atoms with Crippen LogP contribution in [0.4, 0.5) is 5.82 Å². The van der Waals surface area contributed by atoms with Crippen molar-refractivity contribution in [2.75, 3.05) is 19.5 Å². The van der Waals surface area contributed by atoms with Gasteiger partial charge in [-0.15, -0.1) is 11.3 Å². The molecule has 1 aliphatic rings. The highest BCUT2D eigenvalue weighted by molar-refractivity contribution is 7.22. The fraction of sp³-hybridized carbons (Fsp3) is 0.478. The number of aryl methyl sites for hydroxylation is 1. The van der Waals surface area contributed by atoms with E-state index in [1.807, 2.05) is 29.0 Å². The first-order chi connectivity index (χ1) is 15.4. The van der Waals surface area contributed by atoms with E-state index in [1.54, 1.807) is 24.6 Å². The molecule has 0 amide bonds. The molecule has 3 aromatic rings. The van der Waals surface area contributed by atoms with Crippen LogP contribution >= 0.6 is 11.3 Å². The molecule has 0 bridgehead atoms. The predicted molar refractivity (Wildman–Crippen MR) is 131 cm³/mol. The number of rotatable bonds is 9. The molecule has 3 heterocycles. The van der Waals surface area contributed by atoms with E-state index in [2.05, 4.69) is 43.9 Å². The third kappa shape index (κ3) is 4.54. The van der Waals surface area contributed by atoms with Gasteiger partial charge in [-0.2, -0.15) is 5.10 Å². The van der Waals surface area contributed by atoms with Crippen molar-refractivity contribution in [3.05, 3.63) is 36.1 Å². The van der Waals surface area contributed by atoms with E-state index in [0.29, 0.717) is 24.7 Å². The summed E-state index contributed by atoms with van der Waals surface area (Å²) in [5, 5.41) is 9.53. The number of hydrogen-bond acceptors (Lipinski definition) is 8. The Balaban J connectivity index is 1.73. The highest BCUT2D eigenvalue weighted by Crippen LogP contribution is 2.40. The normalized spacial score (nSPS) is 18.4. The number of anilines is 1. The summed E-state index contributed by atoms with van der Waals surface area (Å²) in [6.07, 6.45) is 7.86. The number of aromatic nitrogens is 4. The zero-order chi connectivity index (χ0) is 22.8. The number of nitrogens with zero attached hydrogens (tertiary/aromatic N) is 6. The predicted octanol–water partition coefficient (Wildman–Crippen LogP) is 4.64. The summed E-state index contributed by atoms with van der Waals surface area (Å²) in [4.78, 5) is 17.7. The van der Waals surface area contributed by atoms with Crippen LogP contribution in [-0.2, 0) is 11.3 Å². The number of nitrogens with one attached hydrogen (secondary N) is 1. The molecule has 0 radical (unpaired) electrons. The van der Waals surface area contributed by atoms with Crippen molar-refractivity contribution in [3.63, 3.8) is 0 Å². The first kappa shape index (κ1) is 22.4. The van der Waals surface area contributed by atoms with Crippen molar-refractivity contribution in [2.24, 2.45) is 4.99 Å². The second-order valence-corrected chi connectivity index (χ2v) is 9.56. The van der Waals surface area contributed by atoms with Gasteiger partial charge in [-0.25, -0.2) is 9.97 Å². The maximum Gasteiger partial charge on any atom is 0.151 e. The van der Waals surface area contributed by atoms with Crippen LogP contribution in [0.3, 0.4) is 0 Å². The third-order valence-electron chi connectivity index (χ3n) is 5.79. The minimum Gasteiger partial charge on any atom is -0.381 e. The van der Waals surface area contributed by atoms with Gasteiger partial charge in [0.2, 0.25) is 0 Å². The van der Waals surface area contributed by atoms with Gasteiger partial charge in [-0.05, 0) is 52.0 Å². The van der Waals surface area contributed by atoms with Crippen molar-refractivity contribution in [3.8, 4) is 10.6 Å². The third-order valence-corrected chi connectivity index (χ3v) is 7.00. The summed E-state index contributed by atoms with van der Waals surface area (Å²) < 4.78 is 7.44. The van der Waals surface area contributed by atoms with Gasteiger partial charge in [0.05, 0.1) is 22.9 Å². The highest BCUT2D eigenvalue weighted by atomic mass is 32.1. The van der Waals surface area contributed by atoms with E-state index in [-0.39, 0.29) is 0 Å². The molecule has 1 aliphatic carbocycles. The summed E-state index contributed by atoms with van der Waals surface area (Å²) in [5.74, 6) is 1.66. The minimum absolute atomic E-state index is 0.322. The smallest absolute Gasteiger partial charge is 0.151 e. The Hall–Kier alpha value is -2.78. The van der Waals surface area contributed by atoms with Gasteiger partial charge in [-0.3, -0.25) is 9.67 Å². The fourth-order valence-corrected chi connectivity index (χ4v) is 5.02. The first-order valence-corrected chi connectivity index (χ1v) is 11.7. The van der Waals surface area contributed by atoms with Crippen LogP contribution in [0, 0.1) is 6.92 Å². The molecular weight excluding hydrogens is 422 g/mol. The topological polar surface area (TPSA) is 80.5 Å². The van der Waals surface area contributed by atoms with Crippen LogP contribution in [0.25, 0.3) is 20.8 Å². The van der Waals surface area contributed by atoms with Gasteiger partial charge in [0.1, 0.15) is 16.3 Å². The van der Waals surface area contributed by atoms with Crippen LogP contribution in [-0.4, -0.2) is 57.7 Å². The Labute approximate surface area is 193 Å². The lowest BCUT2D eigenvalue weighted by Gasteiger charge is -2.35. The lowest BCUT2D eigenvalue weighted by molar-refractivity contribution is 0.0328. The van der Waals surface area contributed by atoms with Gasteiger partial charge in [-0.1, -0.05) is 0 Å². The van der Waals surface area contributed by atoms with Gasteiger partial charge in [0.15, 0.2) is 5.82 Å². The Morgan fingerprint density at radius 1 is 1.41 bits per heavy atom. The van der Waals surface area contributed by atoms with Crippen molar-refractivity contribution >= 4 is 34.1 Å². The van der Waals surface area contributed by atoms with Crippen molar-refractivity contribution in [2.45, 2.75) is 58.3 Å². The SMILES string of the molecule is C=N/C=C\N(C)Cc1nc(N[C@H]2C[C@@H](OC)C2)c2c(C)c(-c3ccn(C(C)C)n3)sc2n1. The van der Waals surface area contributed by atoms with Gasteiger partial charge in [0.25, 0.3) is 0 Å². The Kier molecular flexibility index (Phi) is 6.57. The van der Waals surface area contributed by atoms with E-state index >= 15 is 0 Å². The fourth-order valence-electron chi connectivity index (χ4n) is 3.86.